The number of aryl methyl sites for hydroxylation is 2. The number of benzene rings is 3. The number of rotatable bonds is 12. The van der Waals surface area contributed by atoms with Gasteiger partial charge in [-0.1, -0.05) is 42.5 Å². The monoisotopic (exact) mass is 824 g/mol. The first kappa shape index (κ1) is 44.1. The van der Waals surface area contributed by atoms with Crippen molar-refractivity contribution >= 4 is 28.7 Å². The molecule has 17 heteroatoms. The maximum atomic E-state index is 14.5. The summed E-state index contributed by atoms with van der Waals surface area (Å²) in [5.41, 5.74) is 2.14. The number of aliphatic hydroxyl groups is 2. The van der Waals surface area contributed by atoms with E-state index in [0.717, 1.165) is 49.7 Å². The van der Waals surface area contributed by atoms with E-state index in [9.17, 15) is 41.1 Å². The van der Waals surface area contributed by atoms with Gasteiger partial charge >= 0.3 is 18.1 Å². The molecule has 3 heterocycles. The van der Waals surface area contributed by atoms with Gasteiger partial charge in [-0.3, -0.25) is 14.6 Å². The first-order valence-corrected chi connectivity index (χ1v) is 18.4. The van der Waals surface area contributed by atoms with Gasteiger partial charge in [-0.25, -0.2) is 18.4 Å². The molecule has 2 aromatic heterocycles. The molecule has 0 spiro atoms. The van der Waals surface area contributed by atoms with Gasteiger partial charge in [0.15, 0.2) is 29.3 Å². The number of aliphatic hydroxyl groups excluding tert-OH is 2. The second-order valence-electron chi connectivity index (χ2n) is 14.1. The number of piperidine rings is 1. The number of carboxylic acid groups (broad SMARTS) is 2. The fourth-order valence-electron chi connectivity index (χ4n) is 6.72. The van der Waals surface area contributed by atoms with Crippen molar-refractivity contribution in [3.05, 3.63) is 135 Å². The molecule has 1 aliphatic rings. The van der Waals surface area contributed by atoms with Crippen LogP contribution in [-0.2, 0) is 46.5 Å². The van der Waals surface area contributed by atoms with E-state index in [0.29, 0.717) is 27.9 Å². The number of amides is 1. The molecular weight excluding hydrogens is 783 g/mol. The van der Waals surface area contributed by atoms with Crippen LogP contribution in [-0.4, -0.2) is 96.0 Å². The molecule has 1 amide bonds. The molecule has 3 aromatic carbocycles. The molecule has 0 radical (unpaired) electrons. The molecule has 0 unspecified atom stereocenters. The maximum absolute atomic E-state index is 14.5. The van der Waals surface area contributed by atoms with Crippen LogP contribution in [0.25, 0.3) is 22.2 Å². The van der Waals surface area contributed by atoms with Gasteiger partial charge in [0, 0.05) is 41.5 Å². The Morgan fingerprint density at radius 2 is 1.51 bits per heavy atom. The minimum Gasteiger partial charge on any atom is -0.479 e. The van der Waals surface area contributed by atoms with Crippen LogP contribution in [0.2, 0.25) is 0 Å². The van der Waals surface area contributed by atoms with Gasteiger partial charge in [0.1, 0.15) is 6.54 Å². The fraction of sp³-hybridized carbons (Fsp3) is 0.310. The lowest BCUT2D eigenvalue weighted by Gasteiger charge is -2.38. The van der Waals surface area contributed by atoms with E-state index in [1.807, 2.05) is 18.0 Å². The van der Waals surface area contributed by atoms with Crippen molar-refractivity contribution < 1.29 is 56.8 Å². The van der Waals surface area contributed by atoms with Gasteiger partial charge in [-0.15, -0.1) is 0 Å². The summed E-state index contributed by atoms with van der Waals surface area (Å²) in [4.78, 5) is 55.5. The summed E-state index contributed by atoms with van der Waals surface area (Å²) < 4.78 is 69.4. The van der Waals surface area contributed by atoms with Gasteiger partial charge in [-0.05, 0) is 93.3 Å². The Bertz CT molecular complexity index is 2310. The molecule has 12 nitrogen and oxygen atoms in total. The smallest absolute Gasteiger partial charge is 0.416 e. The van der Waals surface area contributed by atoms with Crippen molar-refractivity contribution in [3.63, 3.8) is 0 Å². The molecule has 2 atom stereocenters. The summed E-state index contributed by atoms with van der Waals surface area (Å²) in [6, 6.07) is 20.8. The number of hydrogen-bond donors (Lipinski definition) is 4. The maximum Gasteiger partial charge on any atom is 0.416 e. The molecule has 312 valence electrons. The van der Waals surface area contributed by atoms with Crippen molar-refractivity contribution in [2.45, 2.75) is 63.2 Å². The van der Waals surface area contributed by atoms with Gasteiger partial charge in [0.25, 0.3) is 0 Å². The van der Waals surface area contributed by atoms with Crippen molar-refractivity contribution in [1.82, 2.24) is 19.4 Å². The normalized spacial score (nSPS) is 14.6. The number of carboxylic acids is 2. The number of aromatic nitrogens is 2. The summed E-state index contributed by atoms with van der Waals surface area (Å²) >= 11 is 0. The number of nitrogens with zero attached hydrogens (tertiary/aromatic N) is 4. The zero-order valence-electron chi connectivity index (χ0n) is 31.6. The molecule has 0 bridgehead atoms. The van der Waals surface area contributed by atoms with Crippen molar-refractivity contribution in [2.24, 2.45) is 0 Å². The number of aliphatic carboxylic acids is 2. The number of hydrogen-bond acceptors (Lipinski definition) is 8. The summed E-state index contributed by atoms with van der Waals surface area (Å²) in [5, 5.41) is 33.0. The fourth-order valence-corrected chi connectivity index (χ4v) is 6.72. The highest BCUT2D eigenvalue weighted by molar-refractivity contribution is 5.84. The minimum absolute atomic E-state index is 0.0613. The molecule has 6 rings (SSSR count). The van der Waals surface area contributed by atoms with Crippen LogP contribution in [0.5, 0.6) is 0 Å². The van der Waals surface area contributed by atoms with E-state index < -0.39 is 47.5 Å². The average molecular weight is 825 g/mol. The van der Waals surface area contributed by atoms with Crippen LogP contribution >= 0.6 is 0 Å². The van der Waals surface area contributed by atoms with E-state index in [-0.39, 0.29) is 48.9 Å². The molecule has 0 saturated carbocycles. The van der Waals surface area contributed by atoms with Crippen LogP contribution in [0.15, 0.2) is 95.9 Å². The van der Waals surface area contributed by atoms with Crippen LogP contribution in [0.4, 0.5) is 22.0 Å². The molecule has 0 aliphatic carbocycles. The standard InChI is InChI=1S/C38H35F5N4O2.C4H6O6/c1-45-19-17-29(18-20-45)47(23-25-9-16-33(44-22-25)26-10-13-28(14-11-26)38(41,42)43)36(49)24-46-30(15-12-27-5-4-7-32(39)37(27)40)21-35(48)31-6-2-3-8-34(31)46;5-1(3(7)8)2(6)4(9)10/h2-11,13-14,16,21-22,29H,12,15,17-20,23-24H2,1H3;1-2,5-6H,(H,7,8)(H,9,10)/t;1-,2-/m.1/s1. The third-order valence-corrected chi connectivity index (χ3v) is 10.0. The van der Waals surface area contributed by atoms with Crippen molar-refractivity contribution in [2.75, 3.05) is 20.1 Å². The van der Waals surface area contributed by atoms with Crippen molar-refractivity contribution in [1.29, 1.82) is 0 Å². The first-order valence-electron chi connectivity index (χ1n) is 18.4. The van der Waals surface area contributed by atoms with E-state index >= 15 is 0 Å². The summed E-state index contributed by atoms with van der Waals surface area (Å²) in [5.74, 6) is -5.59. The zero-order valence-corrected chi connectivity index (χ0v) is 31.6. The SMILES string of the molecule is CN1CCC(N(Cc2ccc(-c3ccc(C(F)(F)F)cc3)nc2)C(=O)Cn2c(CCc3cccc(F)c3F)cc(=O)c3ccccc32)CC1.O=C(O)[C@H](O)[C@@H](O)C(=O)O. The quantitative estimate of drug-likeness (QED) is 0.123. The molecule has 59 heavy (non-hydrogen) atoms. The number of carbonyl (C=O) groups is 3. The average Bonchev–Trinajstić information content (AvgIpc) is 3.21. The summed E-state index contributed by atoms with van der Waals surface area (Å²) in [6.07, 6.45) is -5.47. The number of para-hydroxylation sites is 1. The lowest BCUT2D eigenvalue weighted by Crippen LogP contribution is -2.47. The number of carbonyl (C=O) groups excluding carboxylic acids is 1. The van der Waals surface area contributed by atoms with Gasteiger partial charge in [0.2, 0.25) is 5.91 Å². The van der Waals surface area contributed by atoms with Crippen LogP contribution in [0.1, 0.15) is 35.2 Å². The highest BCUT2D eigenvalue weighted by atomic mass is 19.4. The highest BCUT2D eigenvalue weighted by Crippen LogP contribution is 2.31. The zero-order chi connectivity index (χ0) is 43.0. The second-order valence-corrected chi connectivity index (χ2v) is 14.1. The molecule has 1 aliphatic heterocycles. The highest BCUT2D eigenvalue weighted by Gasteiger charge is 2.31. The minimum atomic E-state index is -4.43. The van der Waals surface area contributed by atoms with Gasteiger partial charge in [0.05, 0.1) is 16.8 Å². The largest absolute Gasteiger partial charge is 0.479 e. The topological polar surface area (TPSA) is 173 Å². The van der Waals surface area contributed by atoms with Crippen molar-refractivity contribution in [3.8, 4) is 11.3 Å². The Hall–Kier alpha value is -6.04. The van der Waals surface area contributed by atoms with Crippen LogP contribution in [0, 0.1) is 11.6 Å². The number of fused-ring (bicyclic) bond motifs is 1. The Labute approximate surface area is 334 Å². The number of alkyl halides is 3. The predicted octanol–water partition coefficient (Wildman–Crippen LogP) is 5.15. The van der Waals surface area contributed by atoms with Gasteiger partial charge in [-0.2, -0.15) is 13.2 Å². The lowest BCUT2D eigenvalue weighted by atomic mass is 10.0. The Balaban J connectivity index is 0.000000586. The number of likely N-dealkylation sites (tertiary alicyclic amines) is 1. The Morgan fingerprint density at radius 1 is 0.864 bits per heavy atom. The van der Waals surface area contributed by atoms with Gasteiger partial charge < -0.3 is 34.8 Å². The van der Waals surface area contributed by atoms with E-state index in [4.69, 9.17) is 20.4 Å². The predicted molar refractivity (Wildman–Crippen MR) is 205 cm³/mol. The number of halogens is 5. The third kappa shape index (κ3) is 11.1. The molecule has 1 fully saturated rings. The Kier molecular flexibility index (Phi) is 14.3. The Morgan fingerprint density at radius 3 is 2.10 bits per heavy atom. The third-order valence-electron chi connectivity index (χ3n) is 10.0. The molecule has 1 saturated heterocycles. The second kappa shape index (κ2) is 19.1. The number of pyridine rings is 2. The lowest BCUT2D eigenvalue weighted by molar-refractivity contribution is -0.165. The molecule has 5 aromatic rings. The van der Waals surface area contributed by atoms with E-state index in [1.54, 1.807) is 41.1 Å². The summed E-state index contributed by atoms with van der Waals surface area (Å²) in [6.45, 7) is 1.80. The van der Waals surface area contributed by atoms with Crippen LogP contribution in [0.3, 0.4) is 0 Å². The first-order chi connectivity index (χ1) is 27.9. The van der Waals surface area contributed by atoms with E-state index in [1.165, 1.54) is 30.3 Å². The summed E-state index contributed by atoms with van der Waals surface area (Å²) in [7, 11) is 2.03. The molecule has 4 N–H and O–H groups in total. The molecular formula is C42H41F5N4O8. The van der Waals surface area contributed by atoms with Crippen LogP contribution < -0.4 is 5.43 Å². The van der Waals surface area contributed by atoms with E-state index in [2.05, 4.69) is 9.88 Å².